The normalized spacial score (nSPS) is 12.4. The van der Waals surface area contributed by atoms with Gasteiger partial charge in [-0.2, -0.15) is 9.78 Å². The summed E-state index contributed by atoms with van der Waals surface area (Å²) < 4.78 is 24.0. The maximum atomic E-state index is 13.6. The lowest BCUT2D eigenvalue weighted by Crippen LogP contribution is -2.20. The Balaban J connectivity index is 1.30. The Labute approximate surface area is 237 Å². The zero-order valence-corrected chi connectivity index (χ0v) is 21.8. The number of non-ortho nitro benzene ring substituents is 1. The fourth-order valence-corrected chi connectivity index (χ4v) is 4.68. The van der Waals surface area contributed by atoms with Crippen LogP contribution in [0.4, 0.5) is 5.69 Å². The van der Waals surface area contributed by atoms with Crippen LogP contribution in [0.25, 0.3) is 33.5 Å². The summed E-state index contributed by atoms with van der Waals surface area (Å²) in [6, 6.07) is 25.8. The zero-order chi connectivity index (χ0) is 28.6. The van der Waals surface area contributed by atoms with E-state index in [4.69, 9.17) is 18.6 Å². The summed E-state index contributed by atoms with van der Waals surface area (Å²) in [5.74, 6) is 2.11. The second-order valence-corrected chi connectivity index (χ2v) is 9.42. The molecule has 3 heterocycles. The fourth-order valence-electron chi connectivity index (χ4n) is 4.68. The van der Waals surface area contributed by atoms with Gasteiger partial charge in [0.1, 0.15) is 17.9 Å². The van der Waals surface area contributed by atoms with Crippen LogP contribution >= 0.6 is 0 Å². The van der Waals surface area contributed by atoms with Gasteiger partial charge >= 0.3 is 0 Å². The van der Waals surface area contributed by atoms with E-state index in [1.165, 1.54) is 24.4 Å². The molecule has 7 rings (SSSR count). The molecule has 1 aliphatic rings. The molecule has 0 unspecified atom stereocenters. The topological polar surface area (TPSA) is 131 Å². The summed E-state index contributed by atoms with van der Waals surface area (Å²) in [6.45, 7) is 0.304. The van der Waals surface area contributed by atoms with Crippen LogP contribution in [0.15, 0.2) is 105 Å². The first kappa shape index (κ1) is 25.0. The van der Waals surface area contributed by atoms with Crippen LogP contribution in [0.5, 0.6) is 17.2 Å². The van der Waals surface area contributed by atoms with Gasteiger partial charge in [0.2, 0.25) is 12.6 Å². The molecular weight excluding hydrogens is 540 g/mol. The summed E-state index contributed by atoms with van der Waals surface area (Å²) in [7, 11) is 0. The molecule has 0 amide bonds. The molecule has 42 heavy (non-hydrogen) atoms. The number of hydrogen-bond acceptors (Lipinski definition) is 9. The largest absolute Gasteiger partial charge is 0.488 e. The van der Waals surface area contributed by atoms with E-state index in [2.05, 4.69) is 10.1 Å². The summed E-state index contributed by atoms with van der Waals surface area (Å²) in [6.07, 6.45) is 1.34. The Bertz CT molecular complexity index is 2060. The highest BCUT2D eigenvalue weighted by Crippen LogP contribution is 2.33. The Hall–Kier alpha value is -5.97. The number of nitro benzene ring substituents is 1. The molecule has 0 saturated carbocycles. The molecule has 0 spiro atoms. The molecule has 1 aliphatic heterocycles. The standard InChI is InChI=1S/C31H20N4O7/c36-31-23-6-2-3-7-24(23)33-30(29-15-20-5-1-4-8-26(20)42-29)34(31)32-16-21-14-22(35(37)38)10-12-25(21)39-17-19-9-11-27-28(13-19)41-18-40-27/h1-16H,17-18H2. The molecule has 0 radical (unpaired) electrons. The second-order valence-electron chi connectivity index (χ2n) is 9.42. The number of aromatic nitrogens is 2. The van der Waals surface area contributed by atoms with Gasteiger partial charge in [-0.25, -0.2) is 4.98 Å². The number of benzene rings is 4. The molecule has 2 aromatic heterocycles. The first-order valence-electron chi connectivity index (χ1n) is 12.9. The van der Waals surface area contributed by atoms with Crippen molar-refractivity contribution in [1.29, 1.82) is 0 Å². The molecule has 11 heteroatoms. The smallest absolute Gasteiger partial charge is 0.282 e. The van der Waals surface area contributed by atoms with Crippen molar-refractivity contribution in [3.05, 3.63) is 123 Å². The second kappa shape index (κ2) is 10.2. The molecule has 0 bridgehead atoms. The number of fused-ring (bicyclic) bond motifs is 3. The highest BCUT2D eigenvalue weighted by Gasteiger charge is 2.18. The third kappa shape index (κ3) is 4.58. The van der Waals surface area contributed by atoms with Crippen LogP contribution in [0.2, 0.25) is 0 Å². The predicted molar refractivity (Wildman–Crippen MR) is 154 cm³/mol. The van der Waals surface area contributed by atoms with Gasteiger partial charge in [-0.15, -0.1) is 0 Å². The molecule has 206 valence electrons. The monoisotopic (exact) mass is 560 g/mol. The summed E-state index contributed by atoms with van der Waals surface area (Å²) in [4.78, 5) is 29.4. The Morgan fingerprint density at radius 2 is 1.81 bits per heavy atom. The van der Waals surface area contributed by atoms with E-state index in [1.807, 2.05) is 30.3 Å². The zero-order valence-electron chi connectivity index (χ0n) is 21.8. The van der Waals surface area contributed by atoms with Gasteiger partial charge in [-0.05, 0) is 48.0 Å². The van der Waals surface area contributed by atoms with Gasteiger partial charge in [-0.3, -0.25) is 14.9 Å². The van der Waals surface area contributed by atoms with Gasteiger partial charge in [-0.1, -0.05) is 36.4 Å². The third-order valence-electron chi connectivity index (χ3n) is 6.75. The third-order valence-corrected chi connectivity index (χ3v) is 6.75. The van der Waals surface area contributed by atoms with Gasteiger partial charge in [0.05, 0.1) is 22.0 Å². The number of furan rings is 1. The molecule has 0 saturated heterocycles. The van der Waals surface area contributed by atoms with Crippen molar-refractivity contribution in [2.75, 3.05) is 6.79 Å². The van der Waals surface area contributed by atoms with Crippen molar-refractivity contribution < 1.29 is 23.6 Å². The van der Waals surface area contributed by atoms with Crippen LogP contribution < -0.4 is 19.8 Å². The Morgan fingerprint density at radius 3 is 2.69 bits per heavy atom. The summed E-state index contributed by atoms with van der Waals surface area (Å²) in [5.41, 5.74) is 1.62. The number of para-hydroxylation sites is 2. The molecule has 0 fully saturated rings. The van der Waals surface area contributed by atoms with Crippen molar-refractivity contribution in [3.63, 3.8) is 0 Å². The van der Waals surface area contributed by atoms with E-state index in [9.17, 15) is 14.9 Å². The summed E-state index contributed by atoms with van der Waals surface area (Å²) >= 11 is 0. The van der Waals surface area contributed by atoms with Gasteiger partial charge in [0.15, 0.2) is 17.3 Å². The van der Waals surface area contributed by atoms with Crippen LogP contribution in [-0.4, -0.2) is 27.6 Å². The average Bonchev–Trinajstić information content (AvgIpc) is 3.66. The van der Waals surface area contributed by atoms with Crippen molar-refractivity contribution in [2.24, 2.45) is 5.10 Å². The molecule has 0 aliphatic carbocycles. The van der Waals surface area contributed by atoms with Crippen molar-refractivity contribution in [2.45, 2.75) is 6.61 Å². The van der Waals surface area contributed by atoms with E-state index in [0.29, 0.717) is 45.1 Å². The Kier molecular flexibility index (Phi) is 6.08. The highest BCUT2D eigenvalue weighted by molar-refractivity contribution is 5.86. The van der Waals surface area contributed by atoms with E-state index in [-0.39, 0.29) is 24.9 Å². The summed E-state index contributed by atoms with van der Waals surface area (Å²) in [5, 5.41) is 17.2. The molecule has 6 aromatic rings. The highest BCUT2D eigenvalue weighted by atomic mass is 16.7. The van der Waals surface area contributed by atoms with E-state index < -0.39 is 10.5 Å². The van der Waals surface area contributed by atoms with Crippen LogP contribution in [0, 0.1) is 10.1 Å². The first-order chi connectivity index (χ1) is 20.5. The number of nitrogens with zero attached hydrogens (tertiary/aromatic N) is 4. The lowest BCUT2D eigenvalue weighted by Gasteiger charge is -2.10. The number of ether oxygens (including phenoxy) is 3. The predicted octanol–water partition coefficient (Wildman–Crippen LogP) is 5.91. The minimum atomic E-state index is -0.511. The van der Waals surface area contributed by atoms with Crippen LogP contribution in [0.1, 0.15) is 11.1 Å². The molecule has 0 atom stereocenters. The van der Waals surface area contributed by atoms with E-state index in [1.54, 1.807) is 42.5 Å². The van der Waals surface area contributed by atoms with E-state index >= 15 is 0 Å². The van der Waals surface area contributed by atoms with Gasteiger partial charge in [0.25, 0.3) is 11.2 Å². The molecule has 4 aromatic carbocycles. The van der Waals surface area contributed by atoms with Crippen molar-refractivity contribution in [1.82, 2.24) is 9.66 Å². The van der Waals surface area contributed by atoms with Crippen LogP contribution in [-0.2, 0) is 6.61 Å². The fraction of sp³-hybridized carbons (Fsp3) is 0.0645. The maximum Gasteiger partial charge on any atom is 0.282 e. The van der Waals surface area contributed by atoms with Crippen molar-refractivity contribution >= 4 is 33.8 Å². The van der Waals surface area contributed by atoms with Gasteiger partial charge in [0, 0.05) is 23.1 Å². The maximum absolute atomic E-state index is 13.6. The minimum Gasteiger partial charge on any atom is -0.488 e. The first-order valence-corrected chi connectivity index (χ1v) is 12.9. The molecule has 0 N–H and O–H groups in total. The number of hydrogen-bond donors (Lipinski definition) is 0. The average molecular weight is 561 g/mol. The van der Waals surface area contributed by atoms with E-state index in [0.717, 1.165) is 15.6 Å². The van der Waals surface area contributed by atoms with Crippen LogP contribution in [0.3, 0.4) is 0 Å². The lowest BCUT2D eigenvalue weighted by molar-refractivity contribution is -0.384. The Morgan fingerprint density at radius 1 is 0.976 bits per heavy atom. The molecule has 11 nitrogen and oxygen atoms in total. The van der Waals surface area contributed by atoms with Gasteiger partial charge < -0.3 is 18.6 Å². The van der Waals surface area contributed by atoms with Crippen molar-refractivity contribution in [3.8, 4) is 28.8 Å². The lowest BCUT2D eigenvalue weighted by atomic mass is 10.2. The molecular formula is C31H20N4O7. The quantitative estimate of drug-likeness (QED) is 0.134. The number of rotatable bonds is 7. The minimum absolute atomic E-state index is 0.150. The number of nitro groups is 1. The SMILES string of the molecule is O=c1c2ccccc2nc(-c2cc3ccccc3o2)n1N=Cc1cc([N+](=O)[O-])ccc1OCc1ccc2c(c1)OCO2.